The van der Waals surface area contributed by atoms with Crippen molar-refractivity contribution in [1.29, 1.82) is 5.26 Å². The van der Waals surface area contributed by atoms with E-state index in [9.17, 15) is 10.1 Å². The van der Waals surface area contributed by atoms with Crippen LogP contribution in [0.4, 0.5) is 5.69 Å². The average Bonchev–Trinajstić information content (AvgIpc) is 2.79. The molecule has 2 aromatic carbocycles. The zero-order valence-corrected chi connectivity index (χ0v) is 18.9. The van der Waals surface area contributed by atoms with E-state index in [1.807, 2.05) is 41.3 Å². The summed E-state index contributed by atoms with van der Waals surface area (Å²) in [7, 11) is 3.13. The van der Waals surface area contributed by atoms with Crippen LogP contribution in [0.2, 0.25) is 0 Å². The van der Waals surface area contributed by atoms with Crippen molar-refractivity contribution in [2.75, 3.05) is 19.1 Å². The summed E-state index contributed by atoms with van der Waals surface area (Å²) in [5.41, 5.74) is 10.0. The number of allylic oxidation sites excluding steroid dienone is 3. The number of hydrogen-bond acceptors (Lipinski definition) is 6. The number of ketones is 1. The number of benzene rings is 2. The minimum Gasteiger partial charge on any atom is -0.493 e. The lowest BCUT2D eigenvalue weighted by Gasteiger charge is -2.39. The third-order valence-corrected chi connectivity index (χ3v) is 6.27. The fourth-order valence-corrected chi connectivity index (χ4v) is 4.60. The van der Waals surface area contributed by atoms with Crippen LogP contribution in [0.3, 0.4) is 0 Å². The highest BCUT2D eigenvalue weighted by Crippen LogP contribution is 2.47. The van der Waals surface area contributed by atoms with Crippen LogP contribution in [-0.4, -0.2) is 20.0 Å². The van der Waals surface area contributed by atoms with Gasteiger partial charge < -0.3 is 15.2 Å². The molecule has 0 fully saturated rings. The fraction of sp³-hybridized carbons (Fsp3) is 0.250. The van der Waals surface area contributed by atoms with Gasteiger partial charge in [0.1, 0.15) is 5.82 Å². The number of nitrogens with two attached hydrogens (primary N) is 1. The topological polar surface area (TPSA) is 88.6 Å². The van der Waals surface area contributed by atoms with Gasteiger partial charge in [0, 0.05) is 27.9 Å². The second-order valence-electron chi connectivity index (χ2n) is 7.41. The van der Waals surface area contributed by atoms with Crippen molar-refractivity contribution in [2.45, 2.75) is 25.2 Å². The molecular formula is C24H22BrN3O3. The molecule has 1 atom stereocenters. The lowest BCUT2D eigenvalue weighted by molar-refractivity contribution is -0.116. The first-order valence-corrected chi connectivity index (χ1v) is 10.7. The normalized spacial score (nSPS) is 18.6. The van der Waals surface area contributed by atoms with E-state index in [0.717, 1.165) is 27.8 Å². The highest BCUT2D eigenvalue weighted by Gasteiger charge is 2.40. The summed E-state index contributed by atoms with van der Waals surface area (Å²) in [6, 6.07) is 15.4. The molecule has 0 aromatic heterocycles. The molecule has 4 rings (SSSR count). The summed E-state index contributed by atoms with van der Waals surface area (Å²) in [6.45, 7) is 0. The summed E-state index contributed by atoms with van der Waals surface area (Å²) in [4.78, 5) is 15.0. The van der Waals surface area contributed by atoms with Gasteiger partial charge in [-0.1, -0.05) is 22.0 Å². The molecule has 0 radical (unpaired) electrons. The number of Topliss-reactive ketones (excluding diaryl/α,β-unsaturated/α-hetero) is 1. The first kappa shape index (κ1) is 21.0. The van der Waals surface area contributed by atoms with E-state index in [0.29, 0.717) is 41.3 Å². The summed E-state index contributed by atoms with van der Waals surface area (Å²) in [6.07, 6.45) is 1.91. The van der Waals surface area contributed by atoms with E-state index in [-0.39, 0.29) is 5.78 Å². The molecule has 1 heterocycles. The number of carbonyl (C=O) groups is 1. The largest absolute Gasteiger partial charge is 0.493 e. The molecule has 2 aromatic rings. The van der Waals surface area contributed by atoms with Gasteiger partial charge >= 0.3 is 0 Å². The monoisotopic (exact) mass is 479 g/mol. The third-order valence-electron chi connectivity index (χ3n) is 5.74. The van der Waals surface area contributed by atoms with Gasteiger partial charge in [-0.05, 0) is 54.8 Å². The number of carbonyl (C=O) groups excluding carboxylic acids is 1. The molecule has 1 aliphatic heterocycles. The Hall–Kier alpha value is -3.24. The zero-order valence-electron chi connectivity index (χ0n) is 17.3. The molecule has 7 heteroatoms. The first-order chi connectivity index (χ1) is 15.0. The predicted molar refractivity (Wildman–Crippen MR) is 122 cm³/mol. The maximum atomic E-state index is 13.2. The van der Waals surface area contributed by atoms with Crippen LogP contribution in [-0.2, 0) is 4.79 Å². The SMILES string of the molecule is COc1ccc([C@@H]2C(C#N)=C(N)N(c3ccc(Br)cc3)C3=C2C(=O)CCC3)cc1OC. The summed E-state index contributed by atoms with van der Waals surface area (Å²) >= 11 is 3.45. The van der Waals surface area contributed by atoms with Gasteiger partial charge in [-0.15, -0.1) is 0 Å². The highest BCUT2D eigenvalue weighted by atomic mass is 79.9. The molecule has 2 N–H and O–H groups in total. The molecule has 0 amide bonds. The second-order valence-corrected chi connectivity index (χ2v) is 8.32. The molecular weight excluding hydrogens is 458 g/mol. The Kier molecular flexibility index (Phi) is 5.75. The van der Waals surface area contributed by atoms with Crippen LogP contribution in [0.1, 0.15) is 30.7 Å². The van der Waals surface area contributed by atoms with Gasteiger partial charge in [0.05, 0.1) is 31.8 Å². The average molecular weight is 480 g/mol. The Morgan fingerprint density at radius 3 is 2.45 bits per heavy atom. The van der Waals surface area contributed by atoms with Crippen molar-refractivity contribution >= 4 is 27.4 Å². The van der Waals surface area contributed by atoms with Crippen molar-refractivity contribution in [1.82, 2.24) is 0 Å². The molecule has 1 aliphatic carbocycles. The number of hydrogen-bond donors (Lipinski definition) is 1. The second kappa shape index (κ2) is 8.48. The van der Waals surface area contributed by atoms with Gasteiger partial charge in [-0.25, -0.2) is 0 Å². The molecule has 0 spiro atoms. The standard InChI is InChI=1S/C24H22BrN3O3/c1-30-20-11-6-14(12-21(20)31-2)22-17(13-26)24(27)28(16-9-7-15(25)8-10-16)18-4-3-5-19(29)23(18)22/h6-12,22H,3-5,27H2,1-2H3/t22-/m1/s1. The zero-order chi connectivity index (χ0) is 22.1. The minimum absolute atomic E-state index is 0.0448. The van der Waals surface area contributed by atoms with Gasteiger partial charge in [0.25, 0.3) is 0 Å². The van der Waals surface area contributed by atoms with E-state index >= 15 is 0 Å². The quantitative estimate of drug-likeness (QED) is 0.678. The number of nitriles is 1. The summed E-state index contributed by atoms with van der Waals surface area (Å²) in [5, 5.41) is 10.1. The Morgan fingerprint density at radius 2 is 1.81 bits per heavy atom. The molecule has 6 nitrogen and oxygen atoms in total. The fourth-order valence-electron chi connectivity index (χ4n) is 4.34. The number of halogens is 1. The van der Waals surface area contributed by atoms with Gasteiger partial charge in [-0.3, -0.25) is 9.69 Å². The Labute approximate surface area is 189 Å². The van der Waals surface area contributed by atoms with Crippen molar-refractivity contribution in [3.63, 3.8) is 0 Å². The smallest absolute Gasteiger partial charge is 0.161 e. The van der Waals surface area contributed by atoms with Crippen molar-refractivity contribution < 1.29 is 14.3 Å². The Morgan fingerprint density at radius 1 is 1.10 bits per heavy atom. The van der Waals surface area contributed by atoms with E-state index in [4.69, 9.17) is 15.2 Å². The van der Waals surface area contributed by atoms with Crippen LogP contribution in [0.25, 0.3) is 0 Å². The molecule has 0 saturated heterocycles. The predicted octanol–water partition coefficient (Wildman–Crippen LogP) is 4.77. The lowest BCUT2D eigenvalue weighted by atomic mass is 9.75. The number of ether oxygens (including phenoxy) is 2. The van der Waals surface area contributed by atoms with E-state index in [1.165, 1.54) is 0 Å². The lowest BCUT2D eigenvalue weighted by Crippen LogP contribution is -2.38. The molecule has 0 bridgehead atoms. The third kappa shape index (κ3) is 3.57. The maximum absolute atomic E-state index is 13.2. The van der Waals surface area contributed by atoms with Crippen molar-refractivity contribution in [2.24, 2.45) is 5.73 Å². The van der Waals surface area contributed by atoms with Crippen molar-refractivity contribution in [3.8, 4) is 17.6 Å². The van der Waals surface area contributed by atoms with Crippen molar-refractivity contribution in [3.05, 3.63) is 75.2 Å². The van der Waals surface area contributed by atoms with Crippen LogP contribution < -0.4 is 20.1 Å². The van der Waals surface area contributed by atoms with Gasteiger partial charge in [-0.2, -0.15) is 5.26 Å². The van der Waals surface area contributed by atoms with E-state index < -0.39 is 5.92 Å². The van der Waals surface area contributed by atoms with Crippen LogP contribution >= 0.6 is 15.9 Å². The summed E-state index contributed by atoms with van der Waals surface area (Å²) < 4.78 is 11.7. The van der Waals surface area contributed by atoms with E-state index in [1.54, 1.807) is 20.3 Å². The van der Waals surface area contributed by atoms with Crippen LogP contribution in [0.15, 0.2) is 69.6 Å². The highest BCUT2D eigenvalue weighted by molar-refractivity contribution is 9.10. The number of rotatable bonds is 4. The molecule has 0 saturated carbocycles. The molecule has 0 unspecified atom stereocenters. The molecule has 158 valence electrons. The Bertz CT molecular complexity index is 1150. The number of methoxy groups -OCH3 is 2. The first-order valence-electron chi connectivity index (χ1n) is 9.93. The molecule has 2 aliphatic rings. The van der Waals surface area contributed by atoms with Gasteiger partial charge in [0.15, 0.2) is 17.3 Å². The number of anilines is 1. The summed E-state index contributed by atoms with van der Waals surface area (Å²) in [5.74, 6) is 0.968. The van der Waals surface area contributed by atoms with Crippen LogP contribution in [0, 0.1) is 11.3 Å². The molecule has 31 heavy (non-hydrogen) atoms. The number of nitrogens with zero attached hydrogens (tertiary/aromatic N) is 2. The minimum atomic E-state index is -0.542. The van der Waals surface area contributed by atoms with Gasteiger partial charge in [0.2, 0.25) is 0 Å². The maximum Gasteiger partial charge on any atom is 0.161 e. The Balaban J connectivity index is 1.94. The van der Waals surface area contributed by atoms with Crippen LogP contribution in [0.5, 0.6) is 11.5 Å². The van der Waals surface area contributed by atoms with E-state index in [2.05, 4.69) is 22.0 Å².